The lowest BCUT2D eigenvalue weighted by Gasteiger charge is -2.10. The van der Waals surface area contributed by atoms with Gasteiger partial charge in [-0.15, -0.1) is 0 Å². The molecule has 0 saturated carbocycles. The fraction of sp³-hybridized carbons (Fsp3) is 0.154. The molecule has 8 heteroatoms. The summed E-state index contributed by atoms with van der Waals surface area (Å²) >= 11 is 6.11. The van der Waals surface area contributed by atoms with E-state index in [2.05, 4.69) is 20.7 Å². The van der Waals surface area contributed by atoms with Crippen LogP contribution in [0.5, 0.6) is 0 Å². The zero-order valence-electron chi connectivity index (χ0n) is 11.2. The van der Waals surface area contributed by atoms with E-state index in [0.29, 0.717) is 33.7 Å². The second-order valence-electron chi connectivity index (χ2n) is 4.06. The van der Waals surface area contributed by atoms with Crippen molar-refractivity contribution in [2.24, 2.45) is 5.84 Å². The molecule has 0 aliphatic rings. The number of methoxy groups -OCH3 is 1. The summed E-state index contributed by atoms with van der Waals surface area (Å²) in [6.45, 7) is 0.255. The normalized spacial score (nSPS) is 10.0. The molecule has 1 aromatic carbocycles. The minimum absolute atomic E-state index is 0.255. The number of anilines is 3. The van der Waals surface area contributed by atoms with Crippen LogP contribution in [-0.2, 0) is 11.3 Å². The van der Waals surface area contributed by atoms with Crippen LogP contribution in [0, 0.1) is 11.3 Å². The van der Waals surface area contributed by atoms with E-state index >= 15 is 0 Å². The van der Waals surface area contributed by atoms with Gasteiger partial charge < -0.3 is 15.5 Å². The molecule has 2 rings (SSSR count). The van der Waals surface area contributed by atoms with E-state index in [1.54, 1.807) is 31.4 Å². The van der Waals surface area contributed by atoms with E-state index in [1.807, 2.05) is 6.07 Å². The molecule has 0 spiro atoms. The van der Waals surface area contributed by atoms with Crippen molar-refractivity contribution in [1.82, 2.24) is 9.97 Å². The van der Waals surface area contributed by atoms with Gasteiger partial charge in [-0.25, -0.2) is 15.8 Å². The molecule has 0 amide bonds. The number of rotatable bonds is 5. The Morgan fingerprint density at radius 3 is 2.71 bits per heavy atom. The summed E-state index contributed by atoms with van der Waals surface area (Å²) in [5.41, 5.74) is 3.57. The third kappa shape index (κ3) is 3.79. The zero-order valence-corrected chi connectivity index (χ0v) is 12.0. The number of ether oxygens (including phenoxy) is 1. The van der Waals surface area contributed by atoms with Crippen LogP contribution < -0.4 is 16.6 Å². The third-order valence-corrected chi connectivity index (χ3v) is 2.87. The minimum atomic E-state index is 0.255. The van der Waals surface area contributed by atoms with Crippen molar-refractivity contribution >= 4 is 28.9 Å². The molecular weight excluding hydrogens is 292 g/mol. The van der Waals surface area contributed by atoms with Crippen LogP contribution in [0.2, 0.25) is 5.02 Å². The Labute approximate surface area is 126 Å². The van der Waals surface area contributed by atoms with Crippen LogP contribution in [-0.4, -0.2) is 17.1 Å². The SMILES string of the molecule is COCc1nc(NN)cc(Nc2ccc(C#N)cc2Cl)n1. The van der Waals surface area contributed by atoms with E-state index in [1.165, 1.54) is 0 Å². The molecule has 108 valence electrons. The molecule has 0 aliphatic heterocycles. The quantitative estimate of drug-likeness (QED) is 0.573. The average Bonchev–Trinajstić information content (AvgIpc) is 2.49. The first-order valence-electron chi connectivity index (χ1n) is 5.96. The van der Waals surface area contributed by atoms with Crippen LogP contribution in [0.4, 0.5) is 17.3 Å². The molecule has 0 aliphatic carbocycles. The number of halogens is 1. The van der Waals surface area contributed by atoms with Gasteiger partial charge in [0.2, 0.25) is 0 Å². The molecule has 0 unspecified atom stereocenters. The minimum Gasteiger partial charge on any atom is -0.377 e. The first-order valence-corrected chi connectivity index (χ1v) is 6.34. The highest BCUT2D eigenvalue weighted by Crippen LogP contribution is 2.26. The van der Waals surface area contributed by atoms with Gasteiger partial charge in [0.15, 0.2) is 5.82 Å². The van der Waals surface area contributed by atoms with Crippen molar-refractivity contribution in [1.29, 1.82) is 5.26 Å². The lowest BCUT2D eigenvalue weighted by molar-refractivity contribution is 0.178. The highest BCUT2D eigenvalue weighted by Gasteiger charge is 2.07. The van der Waals surface area contributed by atoms with Gasteiger partial charge in [-0.3, -0.25) is 0 Å². The molecule has 1 heterocycles. The molecule has 0 fully saturated rings. The fourth-order valence-electron chi connectivity index (χ4n) is 1.65. The van der Waals surface area contributed by atoms with Crippen molar-refractivity contribution in [3.05, 3.63) is 40.7 Å². The van der Waals surface area contributed by atoms with E-state index < -0.39 is 0 Å². The summed E-state index contributed by atoms with van der Waals surface area (Å²) in [7, 11) is 1.55. The topological polar surface area (TPSA) is 109 Å². The predicted octanol–water partition coefficient (Wildman–Crippen LogP) is 2.18. The van der Waals surface area contributed by atoms with Crippen molar-refractivity contribution < 1.29 is 4.74 Å². The lowest BCUT2D eigenvalue weighted by Crippen LogP contribution is -2.11. The Morgan fingerprint density at radius 2 is 2.10 bits per heavy atom. The first-order chi connectivity index (χ1) is 10.2. The molecule has 0 saturated heterocycles. The molecule has 4 N–H and O–H groups in total. The van der Waals surface area contributed by atoms with Crippen molar-refractivity contribution in [2.75, 3.05) is 17.9 Å². The summed E-state index contributed by atoms with van der Waals surface area (Å²) in [6.07, 6.45) is 0. The Balaban J connectivity index is 2.30. The number of hydrogen-bond donors (Lipinski definition) is 3. The van der Waals surface area contributed by atoms with Crippen LogP contribution in [0.15, 0.2) is 24.3 Å². The van der Waals surface area contributed by atoms with Crippen LogP contribution in [0.25, 0.3) is 0 Å². The summed E-state index contributed by atoms with van der Waals surface area (Å²) in [5, 5.41) is 12.3. The molecule has 1 aromatic heterocycles. The number of hydrazine groups is 1. The Kier molecular flexibility index (Phi) is 4.90. The van der Waals surface area contributed by atoms with Crippen molar-refractivity contribution in [3.8, 4) is 6.07 Å². The Morgan fingerprint density at radius 1 is 1.33 bits per heavy atom. The van der Waals surface area contributed by atoms with Crippen LogP contribution >= 0.6 is 11.6 Å². The molecule has 0 atom stereocenters. The van der Waals surface area contributed by atoms with Crippen LogP contribution in [0.3, 0.4) is 0 Å². The highest BCUT2D eigenvalue weighted by atomic mass is 35.5. The van der Waals surface area contributed by atoms with E-state index in [-0.39, 0.29) is 6.61 Å². The van der Waals surface area contributed by atoms with E-state index in [4.69, 9.17) is 27.4 Å². The molecule has 7 nitrogen and oxygen atoms in total. The standard InChI is InChI=1S/C13H13ClN6O/c1-21-7-13-18-11(5-12(19-13)20-16)17-10-3-2-8(6-15)4-9(10)14/h2-5H,7,16H2,1H3,(H2,17,18,19,20). The number of nitriles is 1. The molecule has 2 aromatic rings. The number of benzene rings is 1. The fourth-order valence-corrected chi connectivity index (χ4v) is 1.88. The highest BCUT2D eigenvalue weighted by molar-refractivity contribution is 6.33. The maximum absolute atomic E-state index is 8.82. The summed E-state index contributed by atoms with van der Waals surface area (Å²) in [4.78, 5) is 8.43. The summed E-state index contributed by atoms with van der Waals surface area (Å²) < 4.78 is 5.00. The smallest absolute Gasteiger partial charge is 0.158 e. The average molecular weight is 305 g/mol. The largest absolute Gasteiger partial charge is 0.377 e. The van der Waals surface area contributed by atoms with Gasteiger partial charge in [0, 0.05) is 13.2 Å². The molecule has 0 radical (unpaired) electrons. The number of nitrogen functional groups attached to an aromatic ring is 1. The summed E-state index contributed by atoms with van der Waals surface area (Å²) in [5.74, 6) is 6.81. The van der Waals surface area contributed by atoms with Gasteiger partial charge >= 0.3 is 0 Å². The predicted molar refractivity (Wildman–Crippen MR) is 80.0 cm³/mol. The lowest BCUT2D eigenvalue weighted by atomic mass is 10.2. The summed E-state index contributed by atoms with van der Waals surface area (Å²) in [6, 6.07) is 8.59. The van der Waals surface area contributed by atoms with E-state index in [0.717, 1.165) is 0 Å². The van der Waals surface area contributed by atoms with Crippen molar-refractivity contribution in [3.63, 3.8) is 0 Å². The number of aromatic nitrogens is 2. The Hall–Kier alpha value is -2.40. The molecular formula is C13H13ClN6O. The number of hydrogen-bond acceptors (Lipinski definition) is 7. The van der Waals surface area contributed by atoms with Gasteiger partial charge in [-0.1, -0.05) is 11.6 Å². The van der Waals surface area contributed by atoms with Gasteiger partial charge in [-0.05, 0) is 18.2 Å². The first kappa shape index (κ1) is 15.0. The third-order valence-electron chi connectivity index (χ3n) is 2.55. The second-order valence-corrected chi connectivity index (χ2v) is 4.47. The number of nitrogens with two attached hydrogens (primary N) is 1. The maximum Gasteiger partial charge on any atom is 0.158 e. The van der Waals surface area contributed by atoms with Gasteiger partial charge in [0.05, 0.1) is 22.3 Å². The molecule has 21 heavy (non-hydrogen) atoms. The van der Waals surface area contributed by atoms with Gasteiger partial charge in [0.1, 0.15) is 18.2 Å². The van der Waals surface area contributed by atoms with Gasteiger partial charge in [-0.2, -0.15) is 5.26 Å². The number of nitrogens with one attached hydrogen (secondary N) is 2. The number of nitrogens with zero attached hydrogens (tertiary/aromatic N) is 3. The van der Waals surface area contributed by atoms with Crippen LogP contribution in [0.1, 0.15) is 11.4 Å². The monoisotopic (exact) mass is 304 g/mol. The molecule has 0 bridgehead atoms. The van der Waals surface area contributed by atoms with E-state index in [9.17, 15) is 0 Å². The van der Waals surface area contributed by atoms with Crippen molar-refractivity contribution in [2.45, 2.75) is 6.61 Å². The van der Waals surface area contributed by atoms with Gasteiger partial charge in [0.25, 0.3) is 0 Å². The maximum atomic E-state index is 8.82. The zero-order chi connectivity index (χ0) is 15.2. The Bertz CT molecular complexity index is 685. The second kappa shape index (κ2) is 6.85.